The molecule has 0 spiro atoms. The van der Waals surface area contributed by atoms with Gasteiger partial charge >= 0.3 is 5.97 Å². The number of benzene rings is 2. The van der Waals surface area contributed by atoms with E-state index in [1.54, 1.807) is 6.07 Å². The number of aromatic hydroxyl groups is 1. The van der Waals surface area contributed by atoms with Crippen molar-refractivity contribution in [3.05, 3.63) is 74.8 Å². The maximum absolute atomic E-state index is 12.5. The first-order valence-corrected chi connectivity index (χ1v) is 9.41. The zero-order chi connectivity index (χ0) is 18.3. The molecule has 0 radical (unpaired) electrons. The molecule has 6 heteroatoms. The molecule has 4 rings (SSSR count). The minimum Gasteiger partial charge on any atom is -0.507 e. The van der Waals surface area contributed by atoms with Crippen LogP contribution in [-0.4, -0.2) is 22.0 Å². The Morgan fingerprint density at radius 1 is 1.04 bits per heavy atom. The number of ketones is 1. The number of Topliss-reactive ketones (excluding diaryl/α,β-unsaturated/α-hetero) is 1. The number of thioether (sulfide) groups is 1. The summed E-state index contributed by atoms with van der Waals surface area (Å²) in [7, 11) is 0. The average molecular weight is 380 g/mol. The lowest BCUT2D eigenvalue weighted by atomic mass is 10.0. The average Bonchev–Trinajstić information content (AvgIpc) is 3.21. The van der Waals surface area contributed by atoms with Gasteiger partial charge in [0.1, 0.15) is 11.3 Å². The number of carbonyl (C=O) groups is 2. The van der Waals surface area contributed by atoms with Crippen molar-refractivity contribution < 1.29 is 19.8 Å². The SMILES string of the molecule is O=C(O)c1cc(-c2csc(C=C3Sc4ccccc4C3=O)c2)ccc1O. The highest BCUT2D eigenvalue weighted by Crippen LogP contribution is 2.41. The van der Waals surface area contributed by atoms with Gasteiger partial charge in [0.15, 0.2) is 0 Å². The van der Waals surface area contributed by atoms with Crippen molar-refractivity contribution in [2.24, 2.45) is 0 Å². The normalized spacial score (nSPS) is 14.6. The minimum atomic E-state index is -1.17. The largest absolute Gasteiger partial charge is 0.507 e. The monoisotopic (exact) mass is 380 g/mol. The molecule has 2 aromatic carbocycles. The lowest BCUT2D eigenvalue weighted by Gasteiger charge is -2.02. The second kappa shape index (κ2) is 6.48. The van der Waals surface area contributed by atoms with Crippen LogP contribution in [0.15, 0.2) is 63.7 Å². The first-order valence-electron chi connectivity index (χ1n) is 7.71. The number of hydrogen-bond donors (Lipinski definition) is 2. The second-order valence-corrected chi connectivity index (χ2v) is 7.74. The topological polar surface area (TPSA) is 74.6 Å². The summed E-state index contributed by atoms with van der Waals surface area (Å²) in [5.74, 6) is -1.41. The zero-order valence-corrected chi connectivity index (χ0v) is 14.9. The summed E-state index contributed by atoms with van der Waals surface area (Å²) < 4.78 is 0. The van der Waals surface area contributed by atoms with Gasteiger partial charge in [0.25, 0.3) is 0 Å². The summed E-state index contributed by atoms with van der Waals surface area (Å²) >= 11 is 2.94. The van der Waals surface area contributed by atoms with E-state index in [-0.39, 0.29) is 17.1 Å². The van der Waals surface area contributed by atoms with Crippen LogP contribution in [0.2, 0.25) is 0 Å². The Bertz CT molecular complexity index is 1080. The van der Waals surface area contributed by atoms with Crippen molar-refractivity contribution in [3.8, 4) is 16.9 Å². The van der Waals surface area contributed by atoms with E-state index in [9.17, 15) is 14.7 Å². The molecule has 1 aliphatic heterocycles. The van der Waals surface area contributed by atoms with E-state index >= 15 is 0 Å². The quantitative estimate of drug-likeness (QED) is 0.615. The second-order valence-electron chi connectivity index (χ2n) is 5.71. The number of allylic oxidation sites excluding steroid dienone is 1. The molecular formula is C20H12O4S2. The molecule has 0 bridgehead atoms. The first kappa shape index (κ1) is 16.6. The van der Waals surface area contributed by atoms with E-state index < -0.39 is 5.97 Å². The smallest absolute Gasteiger partial charge is 0.339 e. The summed E-state index contributed by atoms with van der Waals surface area (Å²) in [4.78, 5) is 26.2. The van der Waals surface area contributed by atoms with Crippen LogP contribution in [0.25, 0.3) is 17.2 Å². The van der Waals surface area contributed by atoms with Crippen LogP contribution in [0.1, 0.15) is 25.6 Å². The molecule has 0 saturated carbocycles. The molecule has 0 aliphatic carbocycles. The van der Waals surface area contributed by atoms with Gasteiger partial charge in [-0.05, 0) is 52.9 Å². The van der Waals surface area contributed by atoms with E-state index in [0.29, 0.717) is 10.5 Å². The summed E-state index contributed by atoms with van der Waals surface area (Å²) in [5, 5.41) is 20.7. The Morgan fingerprint density at radius 3 is 2.62 bits per heavy atom. The van der Waals surface area contributed by atoms with Crippen molar-refractivity contribution in [1.82, 2.24) is 0 Å². The van der Waals surface area contributed by atoms with Gasteiger partial charge in [0, 0.05) is 15.3 Å². The fraction of sp³-hybridized carbons (Fsp3) is 0. The molecule has 128 valence electrons. The Kier molecular flexibility index (Phi) is 4.14. The number of rotatable bonds is 3. The highest BCUT2D eigenvalue weighted by molar-refractivity contribution is 8.04. The Hall–Kier alpha value is -2.83. The van der Waals surface area contributed by atoms with E-state index in [4.69, 9.17) is 5.11 Å². The number of fused-ring (bicyclic) bond motifs is 1. The third-order valence-corrected chi connectivity index (χ3v) is 6.01. The van der Waals surface area contributed by atoms with Crippen LogP contribution < -0.4 is 0 Å². The van der Waals surface area contributed by atoms with E-state index in [1.165, 1.54) is 35.2 Å². The van der Waals surface area contributed by atoms with Crippen LogP contribution in [0.3, 0.4) is 0 Å². The van der Waals surface area contributed by atoms with Crippen molar-refractivity contribution in [1.29, 1.82) is 0 Å². The van der Waals surface area contributed by atoms with Crippen molar-refractivity contribution in [2.75, 3.05) is 0 Å². The standard InChI is InChI=1S/C20H12O4S2/c21-16-6-5-11(8-15(16)20(23)24)12-7-13(25-10-12)9-18-19(22)14-3-1-2-4-17(14)26-18/h1-10,21H,(H,23,24). The summed E-state index contributed by atoms with van der Waals surface area (Å²) in [6.07, 6.45) is 1.86. The fourth-order valence-corrected chi connectivity index (χ4v) is 4.70. The van der Waals surface area contributed by atoms with Crippen LogP contribution in [-0.2, 0) is 0 Å². The van der Waals surface area contributed by atoms with Crippen molar-refractivity contribution >= 4 is 40.9 Å². The number of thiophene rings is 1. The lowest BCUT2D eigenvalue weighted by molar-refractivity contribution is 0.0693. The third kappa shape index (κ3) is 2.94. The van der Waals surface area contributed by atoms with Gasteiger partial charge in [-0.3, -0.25) is 4.79 Å². The molecule has 3 aromatic rings. The molecule has 1 aromatic heterocycles. The number of carboxylic acids is 1. The van der Waals surface area contributed by atoms with Gasteiger partial charge in [-0.25, -0.2) is 4.79 Å². The van der Waals surface area contributed by atoms with Crippen LogP contribution in [0.4, 0.5) is 0 Å². The molecule has 0 atom stereocenters. The molecular weight excluding hydrogens is 368 g/mol. The number of aromatic carboxylic acids is 1. The van der Waals surface area contributed by atoms with E-state index in [1.807, 2.05) is 41.8 Å². The maximum atomic E-state index is 12.5. The minimum absolute atomic E-state index is 0.0262. The lowest BCUT2D eigenvalue weighted by Crippen LogP contribution is -1.96. The fourth-order valence-electron chi connectivity index (χ4n) is 2.73. The number of hydrogen-bond acceptors (Lipinski definition) is 5. The van der Waals surface area contributed by atoms with Crippen LogP contribution in [0.5, 0.6) is 5.75 Å². The van der Waals surface area contributed by atoms with Crippen LogP contribution >= 0.6 is 23.1 Å². The molecule has 0 amide bonds. The molecule has 1 aliphatic rings. The number of carbonyl (C=O) groups excluding carboxylic acids is 1. The Morgan fingerprint density at radius 2 is 1.85 bits per heavy atom. The summed E-state index contributed by atoms with van der Waals surface area (Å²) in [5.41, 5.74) is 2.14. The van der Waals surface area contributed by atoms with Gasteiger partial charge in [0.05, 0.1) is 4.91 Å². The van der Waals surface area contributed by atoms with Crippen molar-refractivity contribution in [3.63, 3.8) is 0 Å². The van der Waals surface area contributed by atoms with Gasteiger partial charge in [-0.1, -0.05) is 30.0 Å². The highest BCUT2D eigenvalue weighted by Gasteiger charge is 2.25. The Labute approximate surface area is 157 Å². The number of phenols is 1. The molecule has 0 fully saturated rings. The van der Waals surface area contributed by atoms with Crippen LogP contribution in [0, 0.1) is 0 Å². The first-order chi connectivity index (χ1) is 12.5. The van der Waals surface area contributed by atoms with Gasteiger partial charge < -0.3 is 10.2 Å². The van der Waals surface area contributed by atoms with Gasteiger partial charge in [-0.15, -0.1) is 11.3 Å². The van der Waals surface area contributed by atoms with Gasteiger partial charge in [0.2, 0.25) is 5.78 Å². The molecule has 0 unspecified atom stereocenters. The number of carboxylic acid groups (broad SMARTS) is 1. The summed E-state index contributed by atoms with van der Waals surface area (Å²) in [6.45, 7) is 0. The summed E-state index contributed by atoms with van der Waals surface area (Å²) in [6, 6.07) is 13.9. The molecule has 26 heavy (non-hydrogen) atoms. The Balaban J connectivity index is 1.65. The predicted octanol–water partition coefficient (Wildman–Crippen LogP) is 5.15. The molecule has 0 saturated heterocycles. The van der Waals surface area contributed by atoms with Crippen molar-refractivity contribution in [2.45, 2.75) is 4.90 Å². The molecule has 2 N–H and O–H groups in total. The van der Waals surface area contributed by atoms with E-state index in [2.05, 4.69) is 0 Å². The maximum Gasteiger partial charge on any atom is 0.339 e. The highest BCUT2D eigenvalue weighted by atomic mass is 32.2. The third-order valence-electron chi connectivity index (χ3n) is 4.03. The molecule has 2 heterocycles. The zero-order valence-electron chi connectivity index (χ0n) is 13.3. The predicted molar refractivity (Wildman–Crippen MR) is 103 cm³/mol. The van der Waals surface area contributed by atoms with E-state index in [0.717, 1.165) is 20.9 Å². The molecule has 4 nitrogen and oxygen atoms in total. The van der Waals surface area contributed by atoms with Gasteiger partial charge in [-0.2, -0.15) is 0 Å².